The summed E-state index contributed by atoms with van der Waals surface area (Å²) in [6.45, 7) is 9.56. The van der Waals surface area contributed by atoms with Crippen LogP contribution in [0.25, 0.3) is 0 Å². The Hall–Kier alpha value is -1.79. The van der Waals surface area contributed by atoms with Crippen LogP contribution in [0.5, 0.6) is 5.75 Å². The minimum absolute atomic E-state index is 0.137. The number of anilines is 1. The van der Waals surface area contributed by atoms with Gasteiger partial charge in [-0.2, -0.15) is 0 Å². The first-order valence-corrected chi connectivity index (χ1v) is 10.2. The number of carbonyl (C=O) groups is 1. The third kappa shape index (κ3) is 5.14. The quantitative estimate of drug-likeness (QED) is 0.730. The van der Waals surface area contributed by atoms with E-state index < -0.39 is 0 Å². The Morgan fingerprint density at radius 3 is 2.67 bits per heavy atom. The van der Waals surface area contributed by atoms with Crippen molar-refractivity contribution in [2.45, 2.75) is 19.8 Å². The van der Waals surface area contributed by atoms with Gasteiger partial charge in [0.25, 0.3) is 0 Å². The van der Waals surface area contributed by atoms with Gasteiger partial charge in [0.05, 0.1) is 24.8 Å². The Balaban J connectivity index is 1.53. The number of hydrogen-bond acceptors (Lipinski definition) is 5. The molecule has 0 spiro atoms. The molecule has 6 heteroatoms. The Morgan fingerprint density at radius 2 is 1.93 bits per heavy atom. The second-order valence-electron chi connectivity index (χ2n) is 7.35. The van der Waals surface area contributed by atoms with Crippen molar-refractivity contribution in [3.05, 3.63) is 24.3 Å². The van der Waals surface area contributed by atoms with Crippen molar-refractivity contribution < 1.29 is 14.3 Å². The second-order valence-corrected chi connectivity index (χ2v) is 7.35. The molecule has 1 aromatic rings. The van der Waals surface area contributed by atoms with Crippen molar-refractivity contribution in [1.29, 1.82) is 0 Å². The van der Waals surface area contributed by atoms with Crippen molar-refractivity contribution in [3.63, 3.8) is 0 Å². The number of piperazine rings is 1. The number of carbonyl (C=O) groups excluding carboxylic acids is 1. The molecule has 0 unspecified atom stereocenters. The highest BCUT2D eigenvalue weighted by atomic mass is 16.5. The molecule has 0 N–H and O–H groups in total. The lowest BCUT2D eigenvalue weighted by atomic mass is 9.96. The van der Waals surface area contributed by atoms with E-state index in [-0.39, 0.29) is 5.92 Å². The van der Waals surface area contributed by atoms with Crippen molar-refractivity contribution in [3.8, 4) is 5.75 Å². The average Bonchev–Trinajstić information content (AvgIpc) is 2.73. The summed E-state index contributed by atoms with van der Waals surface area (Å²) < 4.78 is 11.0. The normalized spacial score (nSPS) is 21.3. The van der Waals surface area contributed by atoms with Crippen LogP contribution in [-0.4, -0.2) is 81.8 Å². The van der Waals surface area contributed by atoms with Crippen molar-refractivity contribution in [2.75, 3.05) is 71.0 Å². The van der Waals surface area contributed by atoms with Crippen LogP contribution in [0.4, 0.5) is 5.69 Å². The van der Waals surface area contributed by atoms with Crippen molar-refractivity contribution in [2.24, 2.45) is 5.92 Å². The molecule has 27 heavy (non-hydrogen) atoms. The number of amides is 1. The number of rotatable bonds is 7. The number of hydrogen-bond donors (Lipinski definition) is 0. The van der Waals surface area contributed by atoms with Gasteiger partial charge in [0.15, 0.2) is 0 Å². The van der Waals surface area contributed by atoms with E-state index >= 15 is 0 Å². The zero-order chi connectivity index (χ0) is 19.1. The van der Waals surface area contributed by atoms with Crippen molar-refractivity contribution >= 4 is 11.6 Å². The summed E-state index contributed by atoms with van der Waals surface area (Å²) >= 11 is 0. The number of benzene rings is 1. The number of nitrogens with zero attached hydrogens (tertiary/aromatic N) is 3. The smallest absolute Gasteiger partial charge is 0.227 e. The predicted molar refractivity (Wildman–Crippen MR) is 107 cm³/mol. The zero-order valence-corrected chi connectivity index (χ0v) is 16.7. The fourth-order valence-electron chi connectivity index (χ4n) is 4.10. The van der Waals surface area contributed by atoms with Crippen LogP contribution in [0.15, 0.2) is 24.3 Å². The molecule has 2 aliphatic heterocycles. The molecular weight excluding hydrogens is 342 g/mol. The molecule has 0 radical (unpaired) electrons. The molecule has 3 rings (SSSR count). The van der Waals surface area contributed by atoms with Crippen LogP contribution in [0, 0.1) is 5.92 Å². The maximum atomic E-state index is 13.0. The number of para-hydroxylation sites is 2. The summed E-state index contributed by atoms with van der Waals surface area (Å²) in [5.41, 5.74) is 1.13. The van der Waals surface area contributed by atoms with Crippen LogP contribution in [0.1, 0.15) is 19.8 Å². The van der Waals surface area contributed by atoms with Gasteiger partial charge < -0.3 is 24.2 Å². The van der Waals surface area contributed by atoms with Gasteiger partial charge in [0.1, 0.15) is 5.75 Å². The van der Waals surface area contributed by atoms with Gasteiger partial charge in [-0.3, -0.25) is 4.79 Å². The van der Waals surface area contributed by atoms with E-state index in [4.69, 9.17) is 9.47 Å². The molecule has 2 fully saturated rings. The number of ether oxygens (including phenoxy) is 2. The number of likely N-dealkylation sites (tertiary alicyclic amines) is 1. The second kappa shape index (κ2) is 9.95. The first-order valence-electron chi connectivity index (χ1n) is 10.2. The topological polar surface area (TPSA) is 45.2 Å². The van der Waals surface area contributed by atoms with Crippen LogP contribution in [-0.2, 0) is 9.53 Å². The maximum absolute atomic E-state index is 13.0. The maximum Gasteiger partial charge on any atom is 0.227 e. The van der Waals surface area contributed by atoms with Gasteiger partial charge in [-0.25, -0.2) is 0 Å². The molecule has 2 heterocycles. The standard InChI is InChI=1S/C21H33N3O3/c1-3-27-20-9-5-4-8-19(20)23-11-13-24(14-12-23)21(25)18-7-6-10-22(17-18)15-16-26-2/h4-5,8-9,18H,3,6-7,10-17H2,1-2H3/t18-/m1/s1. The highest BCUT2D eigenvalue weighted by Gasteiger charge is 2.31. The first-order chi connectivity index (χ1) is 13.2. The summed E-state index contributed by atoms with van der Waals surface area (Å²) in [5.74, 6) is 1.40. The SMILES string of the molecule is CCOc1ccccc1N1CCN(C(=O)[C@@H]2CCCN(CCOC)C2)CC1. The molecule has 0 aromatic heterocycles. The molecule has 150 valence electrons. The monoisotopic (exact) mass is 375 g/mol. The highest BCUT2D eigenvalue weighted by Crippen LogP contribution is 2.29. The average molecular weight is 376 g/mol. The van der Waals surface area contributed by atoms with E-state index in [1.807, 2.05) is 25.1 Å². The third-order valence-corrected chi connectivity index (χ3v) is 5.56. The molecule has 2 aliphatic rings. The minimum Gasteiger partial charge on any atom is -0.492 e. The molecule has 0 saturated carbocycles. The van der Waals surface area contributed by atoms with Gasteiger partial charge in [-0.1, -0.05) is 12.1 Å². The Labute approximate surface area is 163 Å². The van der Waals surface area contributed by atoms with Crippen LogP contribution < -0.4 is 9.64 Å². The van der Waals surface area contributed by atoms with Crippen LogP contribution in [0.2, 0.25) is 0 Å². The molecular formula is C21H33N3O3. The largest absolute Gasteiger partial charge is 0.492 e. The third-order valence-electron chi connectivity index (χ3n) is 5.56. The Kier molecular flexibility index (Phi) is 7.35. The van der Waals surface area contributed by atoms with E-state index in [1.165, 1.54) is 0 Å². The molecule has 6 nitrogen and oxygen atoms in total. The van der Waals surface area contributed by atoms with Gasteiger partial charge in [0, 0.05) is 46.4 Å². The zero-order valence-electron chi connectivity index (χ0n) is 16.7. The lowest BCUT2D eigenvalue weighted by Crippen LogP contribution is -2.52. The summed E-state index contributed by atoms with van der Waals surface area (Å²) in [5, 5.41) is 0. The highest BCUT2D eigenvalue weighted by molar-refractivity contribution is 5.79. The van der Waals surface area contributed by atoms with Crippen LogP contribution in [0.3, 0.4) is 0 Å². The van der Waals surface area contributed by atoms with E-state index in [0.717, 1.165) is 76.7 Å². The molecule has 1 aromatic carbocycles. The molecule has 1 atom stereocenters. The fourth-order valence-corrected chi connectivity index (χ4v) is 4.10. The molecule has 2 saturated heterocycles. The van der Waals surface area contributed by atoms with Gasteiger partial charge >= 0.3 is 0 Å². The van der Waals surface area contributed by atoms with E-state index in [0.29, 0.717) is 12.5 Å². The van der Waals surface area contributed by atoms with E-state index in [2.05, 4.69) is 20.8 Å². The van der Waals surface area contributed by atoms with E-state index in [1.54, 1.807) is 7.11 Å². The predicted octanol–water partition coefficient (Wildman–Crippen LogP) is 2.09. The fraction of sp³-hybridized carbons (Fsp3) is 0.667. The van der Waals surface area contributed by atoms with Gasteiger partial charge in [0.2, 0.25) is 5.91 Å². The first kappa shape index (κ1) is 20.0. The van der Waals surface area contributed by atoms with Gasteiger partial charge in [-0.15, -0.1) is 0 Å². The van der Waals surface area contributed by atoms with Crippen molar-refractivity contribution in [1.82, 2.24) is 9.80 Å². The molecule has 1 amide bonds. The van der Waals surface area contributed by atoms with E-state index in [9.17, 15) is 4.79 Å². The number of piperidine rings is 1. The lowest BCUT2D eigenvalue weighted by Gasteiger charge is -2.40. The summed E-state index contributed by atoms with van der Waals surface area (Å²) in [6, 6.07) is 8.18. The lowest BCUT2D eigenvalue weighted by molar-refractivity contribution is -0.137. The molecule has 0 bridgehead atoms. The minimum atomic E-state index is 0.137. The Morgan fingerprint density at radius 1 is 1.15 bits per heavy atom. The summed E-state index contributed by atoms with van der Waals surface area (Å²) in [4.78, 5) is 19.8. The molecule has 0 aliphatic carbocycles. The number of methoxy groups -OCH3 is 1. The Bertz CT molecular complexity index is 602. The summed E-state index contributed by atoms with van der Waals surface area (Å²) in [7, 11) is 1.73. The van der Waals surface area contributed by atoms with Crippen LogP contribution >= 0.6 is 0 Å². The van der Waals surface area contributed by atoms with Gasteiger partial charge in [-0.05, 0) is 38.4 Å². The summed E-state index contributed by atoms with van der Waals surface area (Å²) in [6.07, 6.45) is 2.11.